The average molecular weight is 290 g/mol. The Bertz CT molecular complexity index is 554. The van der Waals surface area contributed by atoms with Gasteiger partial charge in [-0.15, -0.1) is 0 Å². The van der Waals surface area contributed by atoms with E-state index in [-0.39, 0.29) is 12.0 Å². The molecular formula is C16H22N2O3. The number of carbonyl (C=O) groups is 2. The highest BCUT2D eigenvalue weighted by Crippen LogP contribution is 2.44. The predicted molar refractivity (Wildman–Crippen MR) is 81.0 cm³/mol. The van der Waals surface area contributed by atoms with E-state index in [1.165, 1.54) is 0 Å². The lowest BCUT2D eigenvalue weighted by atomic mass is 10.1. The first-order valence-corrected chi connectivity index (χ1v) is 7.15. The molecule has 1 aliphatic carbocycles. The van der Waals surface area contributed by atoms with Crippen molar-refractivity contribution in [1.82, 2.24) is 5.32 Å². The second-order valence-corrected chi connectivity index (χ2v) is 6.07. The fourth-order valence-corrected chi connectivity index (χ4v) is 2.46. The van der Waals surface area contributed by atoms with E-state index in [2.05, 4.69) is 10.6 Å². The van der Waals surface area contributed by atoms with Crippen LogP contribution >= 0.6 is 0 Å². The molecule has 21 heavy (non-hydrogen) atoms. The molecule has 1 aromatic rings. The number of benzene rings is 1. The third-order valence-electron chi connectivity index (χ3n) is 4.04. The first kappa shape index (κ1) is 15.5. The number of nitrogens with one attached hydrogen (secondary N) is 2. The van der Waals surface area contributed by atoms with Crippen molar-refractivity contribution >= 4 is 17.5 Å². The smallest absolute Gasteiger partial charge is 0.313 e. The molecule has 5 heteroatoms. The second-order valence-electron chi connectivity index (χ2n) is 6.07. The molecule has 0 bridgehead atoms. The van der Waals surface area contributed by atoms with E-state index in [9.17, 15) is 14.7 Å². The van der Waals surface area contributed by atoms with Crippen LogP contribution in [-0.2, 0) is 9.59 Å². The molecule has 0 saturated heterocycles. The summed E-state index contributed by atoms with van der Waals surface area (Å²) in [4.78, 5) is 23.8. The molecule has 0 radical (unpaired) electrons. The number of rotatable bonds is 4. The zero-order valence-corrected chi connectivity index (χ0v) is 12.7. The Morgan fingerprint density at radius 3 is 2.19 bits per heavy atom. The van der Waals surface area contributed by atoms with Gasteiger partial charge in [0.2, 0.25) is 0 Å². The summed E-state index contributed by atoms with van der Waals surface area (Å²) in [5.41, 5.74) is 3.46. The number of aryl methyl sites for hydroxylation is 3. The molecule has 0 aliphatic heterocycles. The summed E-state index contributed by atoms with van der Waals surface area (Å²) >= 11 is 0. The van der Waals surface area contributed by atoms with Crippen molar-refractivity contribution in [3.8, 4) is 0 Å². The number of anilines is 1. The molecule has 0 heterocycles. The molecule has 2 amide bonds. The van der Waals surface area contributed by atoms with E-state index in [0.29, 0.717) is 12.2 Å². The Hall–Kier alpha value is -1.88. The lowest BCUT2D eigenvalue weighted by Gasteiger charge is -2.14. The van der Waals surface area contributed by atoms with Crippen LogP contribution in [0.15, 0.2) is 12.1 Å². The van der Waals surface area contributed by atoms with Crippen LogP contribution in [0.2, 0.25) is 0 Å². The van der Waals surface area contributed by atoms with Gasteiger partial charge in [-0.1, -0.05) is 17.7 Å². The predicted octanol–water partition coefficient (Wildman–Crippen LogP) is 1.44. The fourth-order valence-electron chi connectivity index (χ4n) is 2.46. The SMILES string of the molecule is Cc1cc(C)c(NC(=O)C(=O)NCC2(CO)CC2)c(C)c1. The number of aliphatic hydroxyl groups is 1. The van der Waals surface area contributed by atoms with Crippen LogP contribution in [0, 0.1) is 26.2 Å². The Morgan fingerprint density at radius 1 is 1.14 bits per heavy atom. The van der Waals surface area contributed by atoms with Gasteiger partial charge in [-0.2, -0.15) is 0 Å². The van der Waals surface area contributed by atoms with E-state index in [4.69, 9.17) is 0 Å². The van der Waals surface area contributed by atoms with Crippen molar-refractivity contribution in [3.05, 3.63) is 28.8 Å². The van der Waals surface area contributed by atoms with Gasteiger partial charge < -0.3 is 15.7 Å². The first-order chi connectivity index (χ1) is 9.87. The van der Waals surface area contributed by atoms with Crippen LogP contribution in [0.3, 0.4) is 0 Å². The highest BCUT2D eigenvalue weighted by molar-refractivity contribution is 6.39. The lowest BCUT2D eigenvalue weighted by Crippen LogP contribution is -2.39. The highest BCUT2D eigenvalue weighted by atomic mass is 16.3. The second kappa shape index (κ2) is 5.85. The number of amides is 2. The summed E-state index contributed by atoms with van der Waals surface area (Å²) < 4.78 is 0. The van der Waals surface area contributed by atoms with E-state index in [0.717, 1.165) is 29.5 Å². The Morgan fingerprint density at radius 2 is 1.71 bits per heavy atom. The molecular weight excluding hydrogens is 268 g/mol. The minimum absolute atomic E-state index is 0.0467. The standard InChI is InChI=1S/C16H22N2O3/c1-10-6-11(2)13(12(3)7-10)18-15(21)14(20)17-8-16(9-19)4-5-16/h6-7,19H,4-5,8-9H2,1-3H3,(H,17,20)(H,18,21). The number of hydrogen-bond acceptors (Lipinski definition) is 3. The molecule has 1 saturated carbocycles. The molecule has 0 unspecified atom stereocenters. The fraction of sp³-hybridized carbons (Fsp3) is 0.500. The van der Waals surface area contributed by atoms with Crippen LogP contribution < -0.4 is 10.6 Å². The highest BCUT2D eigenvalue weighted by Gasteiger charge is 2.42. The number of carbonyl (C=O) groups excluding carboxylic acids is 2. The average Bonchev–Trinajstić information content (AvgIpc) is 3.20. The normalized spacial score (nSPS) is 15.4. The Labute approximate surface area is 124 Å². The van der Waals surface area contributed by atoms with E-state index in [1.54, 1.807) is 0 Å². The van der Waals surface area contributed by atoms with Gasteiger partial charge in [0.15, 0.2) is 0 Å². The van der Waals surface area contributed by atoms with Crippen molar-refractivity contribution in [3.63, 3.8) is 0 Å². The van der Waals surface area contributed by atoms with E-state index in [1.807, 2.05) is 32.9 Å². The minimum Gasteiger partial charge on any atom is -0.396 e. The monoisotopic (exact) mass is 290 g/mol. The van der Waals surface area contributed by atoms with Crippen molar-refractivity contribution in [2.24, 2.45) is 5.41 Å². The van der Waals surface area contributed by atoms with Gasteiger partial charge in [0.1, 0.15) is 0 Å². The van der Waals surface area contributed by atoms with Crippen LogP contribution in [0.1, 0.15) is 29.5 Å². The van der Waals surface area contributed by atoms with Crippen molar-refractivity contribution in [2.45, 2.75) is 33.6 Å². The number of aliphatic hydroxyl groups excluding tert-OH is 1. The maximum atomic E-state index is 11.9. The molecule has 114 valence electrons. The van der Waals surface area contributed by atoms with Gasteiger partial charge in [0.05, 0.1) is 6.61 Å². The quantitative estimate of drug-likeness (QED) is 0.734. The molecule has 1 fully saturated rings. The summed E-state index contributed by atoms with van der Waals surface area (Å²) in [5, 5.41) is 14.5. The molecule has 0 aromatic heterocycles. The summed E-state index contributed by atoms with van der Waals surface area (Å²) in [5.74, 6) is -1.33. The van der Waals surface area contributed by atoms with Crippen molar-refractivity contribution in [1.29, 1.82) is 0 Å². The molecule has 0 atom stereocenters. The van der Waals surface area contributed by atoms with Crippen molar-refractivity contribution < 1.29 is 14.7 Å². The molecule has 2 rings (SSSR count). The molecule has 0 spiro atoms. The number of hydrogen-bond donors (Lipinski definition) is 3. The van der Waals surface area contributed by atoms with Crippen LogP contribution in [0.25, 0.3) is 0 Å². The third-order valence-corrected chi connectivity index (χ3v) is 4.04. The largest absolute Gasteiger partial charge is 0.396 e. The molecule has 5 nitrogen and oxygen atoms in total. The minimum atomic E-state index is -0.668. The maximum absolute atomic E-state index is 11.9. The zero-order chi connectivity index (χ0) is 15.6. The third kappa shape index (κ3) is 3.61. The summed E-state index contributed by atoms with van der Waals surface area (Å²) in [7, 11) is 0. The summed E-state index contributed by atoms with van der Waals surface area (Å²) in [6.45, 7) is 6.19. The molecule has 1 aliphatic rings. The van der Waals surface area contributed by atoms with Gasteiger partial charge in [0.25, 0.3) is 0 Å². The van der Waals surface area contributed by atoms with Crippen molar-refractivity contribution in [2.75, 3.05) is 18.5 Å². The maximum Gasteiger partial charge on any atom is 0.313 e. The van der Waals surface area contributed by atoms with Gasteiger partial charge in [-0.05, 0) is 44.7 Å². The van der Waals surface area contributed by atoms with Gasteiger partial charge in [-0.3, -0.25) is 9.59 Å². The molecule has 1 aromatic carbocycles. The van der Waals surface area contributed by atoms with Crippen LogP contribution in [0.4, 0.5) is 5.69 Å². The first-order valence-electron chi connectivity index (χ1n) is 7.15. The van der Waals surface area contributed by atoms with Gasteiger partial charge in [-0.25, -0.2) is 0 Å². The summed E-state index contributed by atoms with van der Waals surface area (Å²) in [6.07, 6.45) is 1.78. The van der Waals surface area contributed by atoms with Crippen LogP contribution in [-0.4, -0.2) is 30.1 Å². The topological polar surface area (TPSA) is 78.4 Å². The zero-order valence-electron chi connectivity index (χ0n) is 12.7. The molecule has 3 N–H and O–H groups in total. The Kier molecular flexibility index (Phi) is 4.32. The lowest BCUT2D eigenvalue weighted by molar-refractivity contribution is -0.136. The van der Waals surface area contributed by atoms with E-state index < -0.39 is 11.8 Å². The van der Waals surface area contributed by atoms with E-state index >= 15 is 0 Å². The Balaban J connectivity index is 1.96. The summed E-state index contributed by atoms with van der Waals surface area (Å²) in [6, 6.07) is 3.93. The van der Waals surface area contributed by atoms with Gasteiger partial charge >= 0.3 is 11.8 Å². The van der Waals surface area contributed by atoms with Crippen LogP contribution in [0.5, 0.6) is 0 Å². The van der Waals surface area contributed by atoms with Gasteiger partial charge in [0, 0.05) is 17.6 Å².